The van der Waals surface area contributed by atoms with Gasteiger partial charge < -0.3 is 10.5 Å². The van der Waals surface area contributed by atoms with Crippen LogP contribution in [0.2, 0.25) is 0 Å². The Morgan fingerprint density at radius 1 is 1.32 bits per heavy atom. The van der Waals surface area contributed by atoms with Crippen LogP contribution in [0.4, 0.5) is 11.4 Å². The number of rotatable bonds is 3. The molecule has 0 aliphatic rings. The van der Waals surface area contributed by atoms with Gasteiger partial charge in [-0.25, -0.2) is 10.2 Å². The van der Waals surface area contributed by atoms with E-state index in [2.05, 4.69) is 10.3 Å². The van der Waals surface area contributed by atoms with Crippen LogP contribution in [-0.4, -0.2) is 22.5 Å². The van der Waals surface area contributed by atoms with Gasteiger partial charge in [0.1, 0.15) is 6.07 Å². The van der Waals surface area contributed by atoms with Crippen LogP contribution in [0.5, 0.6) is 0 Å². The number of nitriles is 1. The molecule has 0 spiro atoms. The highest BCUT2D eigenvalue weighted by Crippen LogP contribution is 2.22. The third-order valence-corrected chi connectivity index (χ3v) is 3.62. The van der Waals surface area contributed by atoms with E-state index in [1.54, 1.807) is 30.5 Å². The van der Waals surface area contributed by atoms with Crippen molar-refractivity contribution in [2.24, 2.45) is 4.99 Å². The van der Waals surface area contributed by atoms with Crippen LogP contribution in [0.25, 0.3) is 0 Å². The molecule has 9 heteroatoms. The smallest absolute Gasteiger partial charge is 0.257 e. The van der Waals surface area contributed by atoms with Crippen molar-refractivity contribution in [2.45, 2.75) is 0 Å². The fraction of sp³-hybridized carbons (Fsp3) is 0.0625. The van der Waals surface area contributed by atoms with E-state index in [0.29, 0.717) is 16.4 Å². The van der Waals surface area contributed by atoms with Crippen molar-refractivity contribution in [1.29, 1.82) is 5.26 Å². The van der Waals surface area contributed by atoms with Crippen LogP contribution >= 0.6 is 35.7 Å². The van der Waals surface area contributed by atoms with E-state index in [1.807, 2.05) is 12.1 Å². The second-order valence-corrected chi connectivity index (χ2v) is 5.39. The number of amides is 1. The van der Waals surface area contributed by atoms with E-state index >= 15 is 0 Å². The molecule has 2 aromatic rings. The summed E-state index contributed by atoms with van der Waals surface area (Å²) in [5.41, 5.74) is 0.904. The maximum atomic E-state index is 12.2. The Balaban J connectivity index is 0.00000312. The molecule has 0 aliphatic carbocycles. The van der Waals surface area contributed by atoms with Crippen LogP contribution in [-0.2, 0) is 0 Å². The van der Waals surface area contributed by atoms with Crippen LogP contribution in [0.15, 0.2) is 53.5 Å². The second-order valence-electron chi connectivity index (χ2n) is 4.59. The zero-order chi connectivity index (χ0) is 17.5. The normalized spacial score (nSPS) is 11.8. The van der Waals surface area contributed by atoms with Gasteiger partial charge in [-0.15, -0.1) is 24.0 Å². The van der Waals surface area contributed by atoms with Gasteiger partial charge in [-0.2, -0.15) is 10.5 Å². The van der Waals surface area contributed by atoms with Crippen LogP contribution < -0.4 is 10.5 Å². The van der Waals surface area contributed by atoms with Gasteiger partial charge in [0.2, 0.25) is 0 Å². The summed E-state index contributed by atoms with van der Waals surface area (Å²) in [5, 5.41) is 30.9. The summed E-state index contributed by atoms with van der Waals surface area (Å²) in [6.45, 7) is 0. The van der Waals surface area contributed by atoms with Crippen molar-refractivity contribution in [3.8, 4) is 6.07 Å². The molecule has 0 saturated heterocycles. The Hall–Kier alpha value is -1.97. The molecule has 0 radical (unpaired) electrons. The lowest BCUT2D eigenvalue weighted by molar-refractivity contribution is -0.991. The van der Waals surface area contributed by atoms with Crippen molar-refractivity contribution in [3.63, 3.8) is 0 Å². The Labute approximate surface area is 165 Å². The lowest BCUT2D eigenvalue weighted by Crippen LogP contribution is -2.99. The van der Waals surface area contributed by atoms with E-state index in [1.165, 1.54) is 30.0 Å². The summed E-state index contributed by atoms with van der Waals surface area (Å²) < 4.78 is 0. The highest BCUT2D eigenvalue weighted by Gasteiger charge is 2.11. The molecule has 0 aliphatic heterocycles. The van der Waals surface area contributed by atoms with E-state index in [4.69, 9.17) is 10.5 Å². The first-order chi connectivity index (χ1) is 11.5. The van der Waals surface area contributed by atoms with Gasteiger partial charge >= 0.3 is 0 Å². The number of nitrogens with zero attached hydrogens (tertiary/aromatic N) is 2. The van der Waals surface area contributed by atoms with Gasteiger partial charge in [0.05, 0.1) is 11.3 Å². The van der Waals surface area contributed by atoms with Gasteiger partial charge in [0.25, 0.3) is 5.91 Å². The maximum absolute atomic E-state index is 12.2. The number of benzene rings is 2. The molecule has 1 unspecified atom stereocenters. The number of halogens is 1. The summed E-state index contributed by atoms with van der Waals surface area (Å²) in [6.07, 6.45) is 1.74. The molecule has 0 bridgehead atoms. The molecule has 0 heterocycles. The zero-order valence-electron chi connectivity index (χ0n) is 13.1. The summed E-state index contributed by atoms with van der Waals surface area (Å²) >= 11 is 1.21. The number of hydrogen-bond acceptors (Lipinski definition) is 6. The molecule has 130 valence electrons. The predicted molar refractivity (Wildman–Crippen MR) is 107 cm³/mol. The average molecular weight is 470 g/mol. The Morgan fingerprint density at radius 3 is 2.56 bits per heavy atom. The highest BCUT2D eigenvalue weighted by atomic mass is 127. The molecule has 3 N–H and O–H groups in total. The second kappa shape index (κ2) is 10.1. The molecule has 1 amide bonds. The van der Waals surface area contributed by atoms with Crippen molar-refractivity contribution in [1.82, 2.24) is 5.32 Å². The predicted octanol–water partition coefficient (Wildman–Crippen LogP) is 2.36. The lowest BCUT2D eigenvalue weighted by atomic mass is 10.2. The minimum Gasteiger partial charge on any atom is -0.595 e. The number of thioether (sulfide) groups is 1. The number of hydrogen-bond donors (Lipinski definition) is 3. The number of aliphatic imine (C=N–C) groups is 1. The fourth-order valence-electron chi connectivity index (χ4n) is 1.85. The molecule has 2 aromatic carbocycles. The molecule has 0 fully saturated rings. The highest BCUT2D eigenvalue weighted by molar-refractivity contribution is 14.0. The van der Waals surface area contributed by atoms with E-state index < -0.39 is 5.23 Å². The van der Waals surface area contributed by atoms with E-state index in [9.17, 15) is 10.0 Å². The van der Waals surface area contributed by atoms with Gasteiger partial charge in [-0.3, -0.25) is 4.79 Å². The minimum absolute atomic E-state index is 0. The van der Waals surface area contributed by atoms with E-state index in [-0.39, 0.29) is 41.1 Å². The number of quaternary nitrogens is 1. The largest absolute Gasteiger partial charge is 0.595 e. The van der Waals surface area contributed by atoms with Gasteiger partial charge in [-0.1, -0.05) is 30.0 Å². The summed E-state index contributed by atoms with van der Waals surface area (Å²) in [6, 6.07) is 14.6. The van der Waals surface area contributed by atoms with Crippen LogP contribution in [0.3, 0.4) is 0 Å². The van der Waals surface area contributed by atoms with Crippen LogP contribution in [0.1, 0.15) is 15.9 Å². The fourth-order valence-corrected chi connectivity index (χ4v) is 2.23. The molecule has 25 heavy (non-hydrogen) atoms. The quantitative estimate of drug-likeness (QED) is 0.276. The summed E-state index contributed by atoms with van der Waals surface area (Å²) in [5.74, 6) is -0.315. The number of carbonyl (C=O) groups excluding carboxylic acids is 1. The van der Waals surface area contributed by atoms with Crippen molar-refractivity contribution in [3.05, 3.63) is 64.9 Å². The molecule has 0 saturated carbocycles. The summed E-state index contributed by atoms with van der Waals surface area (Å²) in [7, 11) is 0. The third kappa shape index (κ3) is 5.80. The molecule has 7 nitrogen and oxygen atoms in total. The SMILES string of the molecule is CSC(=Nc1ccc([NH+]([O-])O)cc1C#N)NC(=O)c1ccccc1.I. The summed E-state index contributed by atoms with van der Waals surface area (Å²) in [4.78, 5) is 16.4. The van der Waals surface area contributed by atoms with Gasteiger partial charge in [0.15, 0.2) is 10.9 Å². The Morgan fingerprint density at radius 2 is 2.00 bits per heavy atom. The molecule has 2 rings (SSSR count). The molecule has 0 aromatic heterocycles. The first-order valence-corrected chi connectivity index (χ1v) is 8.04. The van der Waals surface area contributed by atoms with Crippen LogP contribution in [0, 0.1) is 16.5 Å². The average Bonchev–Trinajstić information content (AvgIpc) is 2.61. The minimum atomic E-state index is -1.12. The standard InChI is InChI=1S/C16H14N4O3S.HI/c1-24-16(19-15(21)11-5-3-2-4-6-11)18-14-8-7-13(20(22)23)9-12(14)10-17;/h2-9,20,22H,1H3,(H,18,19,21);1H. The van der Waals surface area contributed by atoms with Gasteiger partial charge in [0, 0.05) is 17.7 Å². The topological polar surface area (TPSA) is 113 Å². The third-order valence-electron chi connectivity index (χ3n) is 3.04. The molecular weight excluding hydrogens is 455 g/mol. The number of carbonyl (C=O) groups is 1. The zero-order valence-corrected chi connectivity index (χ0v) is 16.2. The molecule has 1 atom stereocenters. The number of nitrogens with one attached hydrogen (secondary N) is 2. The number of amidine groups is 1. The Kier molecular flexibility index (Phi) is 8.53. The van der Waals surface area contributed by atoms with Crippen molar-refractivity contribution < 1.29 is 15.2 Å². The van der Waals surface area contributed by atoms with Gasteiger partial charge in [-0.05, 0) is 24.5 Å². The molecular formula is C16H15IN4O3S. The lowest BCUT2D eigenvalue weighted by Gasteiger charge is -2.12. The van der Waals surface area contributed by atoms with Crippen molar-refractivity contribution in [2.75, 3.05) is 6.26 Å². The first-order valence-electron chi connectivity index (χ1n) is 6.81. The first kappa shape index (κ1) is 21.1. The van der Waals surface area contributed by atoms with E-state index in [0.717, 1.165) is 0 Å². The van der Waals surface area contributed by atoms with Crippen molar-refractivity contribution >= 4 is 58.2 Å². The Bertz CT molecular complexity index is 807. The monoisotopic (exact) mass is 470 g/mol. The maximum Gasteiger partial charge on any atom is 0.257 e.